The van der Waals surface area contributed by atoms with E-state index in [1.165, 1.54) is 30.3 Å². The number of hydrogen-bond donors (Lipinski definition) is 1. The standard InChI is InChI=1S/C25H22ClNO7/c1-2-3-12-32-24(30)16-4-7-18(8-5-16)27-23(29)15-33-25(31)20-13-17(6-10-21(20)26)22-11-9-19(14-28)34-22/h4-11,13-14H,2-3,12,15H2,1H3,(H,27,29). The number of ether oxygens (including phenoxy) is 2. The quantitative estimate of drug-likeness (QED) is 0.240. The predicted molar refractivity (Wildman–Crippen MR) is 125 cm³/mol. The van der Waals surface area contributed by atoms with Crippen LogP contribution in [0.15, 0.2) is 59.0 Å². The first-order valence-electron chi connectivity index (χ1n) is 10.5. The van der Waals surface area contributed by atoms with E-state index in [0.29, 0.717) is 35.5 Å². The van der Waals surface area contributed by atoms with Crippen LogP contribution in [0, 0.1) is 0 Å². The minimum atomic E-state index is -0.797. The third-order valence-corrected chi connectivity index (χ3v) is 5.01. The molecule has 0 spiro atoms. The van der Waals surface area contributed by atoms with E-state index < -0.39 is 24.5 Å². The van der Waals surface area contributed by atoms with Gasteiger partial charge in [-0.1, -0.05) is 24.9 Å². The number of anilines is 1. The molecule has 0 aliphatic carbocycles. The van der Waals surface area contributed by atoms with Gasteiger partial charge in [-0.2, -0.15) is 0 Å². The van der Waals surface area contributed by atoms with Crippen molar-refractivity contribution < 1.29 is 33.1 Å². The number of benzene rings is 2. The Hall–Kier alpha value is -3.91. The summed E-state index contributed by atoms with van der Waals surface area (Å²) in [6.45, 7) is 1.81. The van der Waals surface area contributed by atoms with E-state index in [4.69, 9.17) is 25.5 Å². The zero-order valence-electron chi connectivity index (χ0n) is 18.3. The molecule has 34 heavy (non-hydrogen) atoms. The highest BCUT2D eigenvalue weighted by molar-refractivity contribution is 6.33. The fraction of sp³-hybridized carbons (Fsp3) is 0.200. The fourth-order valence-corrected chi connectivity index (χ4v) is 3.09. The summed E-state index contributed by atoms with van der Waals surface area (Å²) in [5.74, 6) is -1.28. The molecule has 9 heteroatoms. The number of carbonyl (C=O) groups is 4. The Morgan fingerprint density at radius 2 is 1.76 bits per heavy atom. The van der Waals surface area contributed by atoms with Gasteiger partial charge in [-0.15, -0.1) is 0 Å². The van der Waals surface area contributed by atoms with Gasteiger partial charge in [-0.05, 0) is 61.0 Å². The van der Waals surface area contributed by atoms with Gasteiger partial charge < -0.3 is 19.2 Å². The van der Waals surface area contributed by atoms with Crippen LogP contribution in [0.5, 0.6) is 0 Å². The average molecular weight is 484 g/mol. The first-order chi connectivity index (χ1) is 16.4. The van der Waals surface area contributed by atoms with Gasteiger partial charge in [0.2, 0.25) is 0 Å². The average Bonchev–Trinajstić information content (AvgIpc) is 3.33. The predicted octanol–water partition coefficient (Wildman–Crippen LogP) is 5.16. The Morgan fingerprint density at radius 3 is 2.44 bits per heavy atom. The molecular formula is C25H22ClNO7. The molecule has 176 valence electrons. The van der Waals surface area contributed by atoms with Crippen LogP contribution in [0.3, 0.4) is 0 Å². The van der Waals surface area contributed by atoms with Crippen LogP contribution in [0.2, 0.25) is 5.02 Å². The second-order valence-electron chi connectivity index (χ2n) is 7.21. The maximum absolute atomic E-state index is 12.5. The van der Waals surface area contributed by atoms with Crippen molar-refractivity contribution in [2.24, 2.45) is 0 Å². The fourth-order valence-electron chi connectivity index (χ4n) is 2.89. The number of unbranched alkanes of at least 4 members (excludes halogenated alkanes) is 1. The third-order valence-electron chi connectivity index (χ3n) is 4.68. The Bertz CT molecular complexity index is 1180. The number of aldehydes is 1. The SMILES string of the molecule is CCCCOC(=O)c1ccc(NC(=O)COC(=O)c2cc(-c3ccc(C=O)o3)ccc2Cl)cc1. The molecule has 1 N–H and O–H groups in total. The maximum atomic E-state index is 12.5. The first-order valence-corrected chi connectivity index (χ1v) is 10.9. The number of halogens is 1. The molecule has 1 amide bonds. The number of furan rings is 1. The minimum Gasteiger partial charge on any atom is -0.462 e. The molecule has 0 saturated carbocycles. The minimum absolute atomic E-state index is 0.0435. The molecule has 1 aromatic heterocycles. The number of hydrogen-bond acceptors (Lipinski definition) is 7. The lowest BCUT2D eigenvalue weighted by molar-refractivity contribution is -0.119. The van der Waals surface area contributed by atoms with Gasteiger partial charge >= 0.3 is 11.9 Å². The molecule has 0 unspecified atom stereocenters. The van der Waals surface area contributed by atoms with Crippen molar-refractivity contribution in [2.45, 2.75) is 19.8 Å². The molecule has 1 heterocycles. The normalized spacial score (nSPS) is 10.4. The molecule has 2 aromatic carbocycles. The number of nitrogens with one attached hydrogen (secondary N) is 1. The van der Waals surface area contributed by atoms with Crippen molar-refractivity contribution in [3.8, 4) is 11.3 Å². The summed E-state index contributed by atoms with van der Waals surface area (Å²) in [5, 5.41) is 2.72. The largest absolute Gasteiger partial charge is 0.462 e. The summed E-state index contributed by atoms with van der Waals surface area (Å²) < 4.78 is 15.6. The van der Waals surface area contributed by atoms with E-state index in [0.717, 1.165) is 12.8 Å². The van der Waals surface area contributed by atoms with E-state index in [9.17, 15) is 19.2 Å². The van der Waals surface area contributed by atoms with Crippen molar-refractivity contribution in [2.75, 3.05) is 18.5 Å². The lowest BCUT2D eigenvalue weighted by Crippen LogP contribution is -2.21. The highest BCUT2D eigenvalue weighted by atomic mass is 35.5. The molecular weight excluding hydrogens is 462 g/mol. The van der Waals surface area contributed by atoms with Crippen LogP contribution in [-0.2, 0) is 14.3 Å². The molecule has 0 aliphatic rings. The maximum Gasteiger partial charge on any atom is 0.340 e. The molecule has 0 fully saturated rings. The lowest BCUT2D eigenvalue weighted by atomic mass is 10.1. The zero-order chi connectivity index (χ0) is 24.5. The molecule has 3 aromatic rings. The van der Waals surface area contributed by atoms with Gasteiger partial charge in [0.25, 0.3) is 5.91 Å². The van der Waals surface area contributed by atoms with Crippen molar-refractivity contribution in [3.05, 3.63) is 76.5 Å². The van der Waals surface area contributed by atoms with Gasteiger partial charge in [0.1, 0.15) is 5.76 Å². The van der Waals surface area contributed by atoms with Crippen LogP contribution in [0.4, 0.5) is 5.69 Å². The topological polar surface area (TPSA) is 112 Å². The van der Waals surface area contributed by atoms with Crippen LogP contribution in [-0.4, -0.2) is 37.3 Å². The Morgan fingerprint density at radius 1 is 1.00 bits per heavy atom. The monoisotopic (exact) mass is 483 g/mol. The summed E-state index contributed by atoms with van der Waals surface area (Å²) in [6, 6.07) is 13.8. The van der Waals surface area contributed by atoms with Crippen molar-refractivity contribution >= 4 is 41.4 Å². The van der Waals surface area contributed by atoms with E-state index in [1.807, 2.05) is 6.92 Å². The lowest BCUT2D eigenvalue weighted by Gasteiger charge is -2.09. The summed E-state index contributed by atoms with van der Waals surface area (Å²) in [5.41, 5.74) is 1.35. The van der Waals surface area contributed by atoms with Gasteiger partial charge in [-0.3, -0.25) is 9.59 Å². The van der Waals surface area contributed by atoms with Crippen molar-refractivity contribution in [1.82, 2.24) is 0 Å². The number of rotatable bonds is 10. The third kappa shape index (κ3) is 6.55. The Labute approximate surface area is 200 Å². The molecule has 0 atom stereocenters. The first kappa shape index (κ1) is 24.7. The summed E-state index contributed by atoms with van der Waals surface area (Å²) >= 11 is 6.11. The van der Waals surface area contributed by atoms with E-state index in [2.05, 4.69) is 5.32 Å². The Kier molecular flexibility index (Phi) is 8.59. The summed E-state index contributed by atoms with van der Waals surface area (Å²) in [4.78, 5) is 47.4. The molecule has 0 bridgehead atoms. The van der Waals surface area contributed by atoms with Crippen LogP contribution in [0.25, 0.3) is 11.3 Å². The van der Waals surface area contributed by atoms with Crippen LogP contribution >= 0.6 is 11.6 Å². The number of esters is 2. The highest BCUT2D eigenvalue weighted by Crippen LogP contribution is 2.27. The molecule has 0 aliphatic heterocycles. The van der Waals surface area contributed by atoms with Crippen molar-refractivity contribution in [1.29, 1.82) is 0 Å². The Balaban J connectivity index is 1.55. The van der Waals surface area contributed by atoms with Gasteiger partial charge in [0.05, 0.1) is 22.8 Å². The van der Waals surface area contributed by atoms with E-state index >= 15 is 0 Å². The van der Waals surface area contributed by atoms with E-state index in [1.54, 1.807) is 24.3 Å². The number of amides is 1. The second-order valence-corrected chi connectivity index (χ2v) is 7.61. The van der Waals surface area contributed by atoms with Gasteiger partial charge in [0, 0.05) is 11.3 Å². The van der Waals surface area contributed by atoms with Crippen molar-refractivity contribution in [3.63, 3.8) is 0 Å². The van der Waals surface area contributed by atoms with Gasteiger partial charge in [0.15, 0.2) is 18.7 Å². The number of carbonyl (C=O) groups excluding carboxylic acids is 4. The molecule has 0 radical (unpaired) electrons. The van der Waals surface area contributed by atoms with E-state index in [-0.39, 0.29) is 16.3 Å². The zero-order valence-corrected chi connectivity index (χ0v) is 19.1. The summed E-state index contributed by atoms with van der Waals surface area (Å²) in [7, 11) is 0. The molecule has 8 nitrogen and oxygen atoms in total. The van der Waals surface area contributed by atoms with Crippen LogP contribution in [0.1, 0.15) is 51.0 Å². The van der Waals surface area contributed by atoms with Crippen LogP contribution < -0.4 is 5.32 Å². The molecule has 0 saturated heterocycles. The van der Waals surface area contributed by atoms with Gasteiger partial charge in [-0.25, -0.2) is 9.59 Å². The molecule has 3 rings (SSSR count). The second kappa shape index (κ2) is 11.8. The summed E-state index contributed by atoms with van der Waals surface area (Å²) in [6.07, 6.45) is 2.28. The smallest absolute Gasteiger partial charge is 0.340 e. The highest BCUT2D eigenvalue weighted by Gasteiger charge is 2.17.